The number of hydrogen-bond acceptors (Lipinski definition) is 6. The summed E-state index contributed by atoms with van der Waals surface area (Å²) in [6, 6.07) is 21.3. The van der Waals surface area contributed by atoms with Crippen LogP contribution in [-0.4, -0.2) is 26.8 Å². The van der Waals surface area contributed by atoms with Crippen LogP contribution in [0.3, 0.4) is 0 Å². The van der Waals surface area contributed by atoms with Gasteiger partial charge in [-0.05, 0) is 53.6 Å². The van der Waals surface area contributed by atoms with Crippen LogP contribution in [0.25, 0.3) is 0 Å². The van der Waals surface area contributed by atoms with Gasteiger partial charge in [-0.1, -0.05) is 30.3 Å². The average Bonchev–Trinajstić information content (AvgIpc) is 2.83. The Morgan fingerprint density at radius 1 is 0.939 bits per heavy atom. The molecule has 3 rings (SSSR count). The Labute approximate surface area is 191 Å². The Balaban J connectivity index is 1.73. The molecule has 0 aliphatic heterocycles. The van der Waals surface area contributed by atoms with Gasteiger partial charge in [0.1, 0.15) is 18.1 Å². The summed E-state index contributed by atoms with van der Waals surface area (Å²) in [6.45, 7) is 0.180. The summed E-state index contributed by atoms with van der Waals surface area (Å²) in [5, 5.41) is 41.3. The Morgan fingerprint density at radius 3 is 2.18 bits per heavy atom. The number of nitro benzene ring substituents is 1. The minimum Gasteiger partial charge on any atom is -0.508 e. The summed E-state index contributed by atoms with van der Waals surface area (Å²) in [7, 11) is 0. The zero-order valence-corrected chi connectivity index (χ0v) is 17.9. The van der Waals surface area contributed by atoms with Gasteiger partial charge >= 0.3 is 0 Å². The number of ether oxygens (including phenoxy) is 1. The van der Waals surface area contributed by atoms with E-state index in [1.807, 2.05) is 30.3 Å². The van der Waals surface area contributed by atoms with E-state index in [0.29, 0.717) is 22.4 Å². The van der Waals surface area contributed by atoms with E-state index >= 15 is 0 Å². The third kappa shape index (κ3) is 7.33. The molecule has 0 unspecified atom stereocenters. The Hall–Kier alpha value is -3.90. The normalized spacial score (nSPS) is 12.3. The van der Waals surface area contributed by atoms with Crippen molar-refractivity contribution in [3.05, 3.63) is 117 Å². The lowest BCUT2D eigenvalue weighted by Gasteiger charge is -2.14. The molecular formula is C26H25NO6. The van der Waals surface area contributed by atoms with Crippen molar-refractivity contribution in [2.45, 2.75) is 25.0 Å². The molecule has 0 radical (unpaired) electrons. The number of phenolic OH excluding ortho intramolecular Hbond substituents is 1. The number of aliphatic hydroxyl groups excluding tert-OH is 2. The van der Waals surface area contributed by atoms with Crippen molar-refractivity contribution in [3.8, 4) is 11.5 Å². The number of aromatic hydroxyl groups is 1. The second-order valence-electron chi connectivity index (χ2n) is 7.47. The molecule has 3 aromatic rings. The van der Waals surface area contributed by atoms with E-state index < -0.39 is 17.1 Å². The molecule has 0 spiro atoms. The number of non-ortho nitro benzene ring substituents is 1. The topological polar surface area (TPSA) is 113 Å². The molecule has 0 fully saturated rings. The lowest BCUT2D eigenvalue weighted by Crippen LogP contribution is -2.06. The summed E-state index contributed by atoms with van der Waals surface area (Å²) in [4.78, 5) is 10.4. The van der Waals surface area contributed by atoms with Crippen molar-refractivity contribution >= 4 is 5.69 Å². The third-order valence-electron chi connectivity index (χ3n) is 5.01. The Kier molecular flexibility index (Phi) is 8.38. The summed E-state index contributed by atoms with van der Waals surface area (Å²) < 4.78 is 5.80. The molecule has 2 atom stereocenters. The molecule has 0 saturated heterocycles. The zero-order valence-electron chi connectivity index (χ0n) is 17.9. The van der Waals surface area contributed by atoms with Gasteiger partial charge in [-0.25, -0.2) is 0 Å². The van der Waals surface area contributed by atoms with Crippen molar-refractivity contribution in [1.82, 2.24) is 0 Å². The van der Waals surface area contributed by atoms with Gasteiger partial charge in [0, 0.05) is 30.5 Å². The van der Waals surface area contributed by atoms with E-state index in [4.69, 9.17) is 4.74 Å². The van der Waals surface area contributed by atoms with Crippen molar-refractivity contribution in [3.63, 3.8) is 0 Å². The molecule has 0 aliphatic carbocycles. The van der Waals surface area contributed by atoms with Gasteiger partial charge in [-0.3, -0.25) is 10.1 Å². The molecule has 0 saturated carbocycles. The molecule has 0 aliphatic rings. The Bertz CT molecular complexity index is 1100. The first-order valence-corrected chi connectivity index (χ1v) is 10.4. The van der Waals surface area contributed by atoms with E-state index in [1.165, 1.54) is 36.4 Å². The number of phenols is 1. The summed E-state index contributed by atoms with van der Waals surface area (Å²) in [6.07, 6.45) is 0.505. The minimum absolute atomic E-state index is 0.0442. The summed E-state index contributed by atoms with van der Waals surface area (Å²) in [5.41, 5.74) is 4.96. The zero-order chi connectivity index (χ0) is 23.6. The highest BCUT2D eigenvalue weighted by atomic mass is 16.6. The van der Waals surface area contributed by atoms with Crippen LogP contribution in [0, 0.1) is 10.1 Å². The van der Waals surface area contributed by atoms with Crippen LogP contribution in [0.4, 0.5) is 5.69 Å². The van der Waals surface area contributed by atoms with Gasteiger partial charge in [0.05, 0.1) is 17.1 Å². The maximum atomic E-state index is 10.8. The molecule has 0 bridgehead atoms. The van der Waals surface area contributed by atoms with Crippen molar-refractivity contribution in [2.75, 3.05) is 6.61 Å². The van der Waals surface area contributed by atoms with Crippen LogP contribution >= 0.6 is 0 Å². The largest absolute Gasteiger partial charge is 0.508 e. The maximum absolute atomic E-state index is 10.8. The number of nitro groups is 1. The van der Waals surface area contributed by atoms with Crippen molar-refractivity contribution in [1.29, 1.82) is 0 Å². The van der Waals surface area contributed by atoms with Crippen molar-refractivity contribution < 1.29 is 25.0 Å². The van der Waals surface area contributed by atoms with E-state index in [2.05, 4.69) is 5.73 Å². The van der Waals surface area contributed by atoms with Crippen LogP contribution in [0.1, 0.15) is 36.2 Å². The molecule has 0 heterocycles. The maximum Gasteiger partial charge on any atom is 0.269 e. The molecule has 170 valence electrons. The van der Waals surface area contributed by atoms with Gasteiger partial charge in [0.15, 0.2) is 0 Å². The predicted octanol–water partition coefficient (Wildman–Crippen LogP) is 5.01. The van der Waals surface area contributed by atoms with E-state index in [0.717, 1.165) is 0 Å². The van der Waals surface area contributed by atoms with Gasteiger partial charge < -0.3 is 20.1 Å². The highest BCUT2D eigenvalue weighted by Crippen LogP contribution is 2.24. The molecule has 33 heavy (non-hydrogen) atoms. The smallest absolute Gasteiger partial charge is 0.269 e. The van der Waals surface area contributed by atoms with Crippen LogP contribution < -0.4 is 4.74 Å². The second kappa shape index (κ2) is 11.6. The average molecular weight is 447 g/mol. The van der Waals surface area contributed by atoms with Gasteiger partial charge in [-0.2, -0.15) is 0 Å². The number of para-hydroxylation sites is 1. The standard InChI is InChI=1S/C26H25NO6/c28-23-15-11-20(12-16-23)25(29)8-4-5-19(18-33-24-6-2-1-3-7-24)17-26(30)21-9-13-22(14-10-21)27(31)32/h1-4,6-7,9-16,25-26,28-30H,8,17-18H2/t5?,25-,26-/m1/s1. The van der Waals surface area contributed by atoms with E-state index in [1.54, 1.807) is 18.2 Å². The highest BCUT2D eigenvalue weighted by molar-refractivity contribution is 5.34. The molecule has 7 nitrogen and oxygen atoms in total. The molecular weight excluding hydrogens is 422 g/mol. The monoisotopic (exact) mass is 447 g/mol. The quantitative estimate of drug-likeness (QED) is 0.229. The minimum atomic E-state index is -0.900. The highest BCUT2D eigenvalue weighted by Gasteiger charge is 2.13. The predicted molar refractivity (Wildman–Crippen MR) is 124 cm³/mol. The molecule has 7 heteroatoms. The van der Waals surface area contributed by atoms with Gasteiger partial charge in [0.2, 0.25) is 0 Å². The van der Waals surface area contributed by atoms with Crippen LogP contribution in [0.15, 0.2) is 96.2 Å². The number of hydrogen-bond donors (Lipinski definition) is 3. The van der Waals surface area contributed by atoms with Crippen LogP contribution in [-0.2, 0) is 0 Å². The van der Waals surface area contributed by atoms with E-state index in [9.17, 15) is 25.4 Å². The molecule has 3 N–H and O–H groups in total. The SMILES string of the molecule is O=[N+]([O-])c1ccc([C@H](O)CC(=C=CC[C@@H](O)c2ccc(O)cc2)COc2ccccc2)cc1. The van der Waals surface area contributed by atoms with Gasteiger partial charge in [0.25, 0.3) is 5.69 Å². The molecule has 3 aromatic carbocycles. The number of benzene rings is 3. The second-order valence-corrected chi connectivity index (χ2v) is 7.47. The Morgan fingerprint density at radius 2 is 1.55 bits per heavy atom. The fourth-order valence-corrected chi connectivity index (χ4v) is 3.16. The lowest BCUT2D eigenvalue weighted by atomic mass is 10.0. The molecule has 0 aromatic heterocycles. The summed E-state index contributed by atoms with van der Waals surface area (Å²) >= 11 is 0. The van der Waals surface area contributed by atoms with Crippen molar-refractivity contribution in [2.24, 2.45) is 0 Å². The van der Waals surface area contributed by atoms with E-state index in [-0.39, 0.29) is 30.9 Å². The van der Waals surface area contributed by atoms with Gasteiger partial charge in [-0.15, -0.1) is 5.73 Å². The third-order valence-corrected chi connectivity index (χ3v) is 5.01. The first kappa shape index (κ1) is 23.8. The number of nitrogens with zero attached hydrogens (tertiary/aromatic N) is 1. The first-order chi connectivity index (χ1) is 15.9. The fraction of sp³-hybridized carbons (Fsp3) is 0.192. The number of rotatable bonds is 10. The van der Waals surface area contributed by atoms with Crippen LogP contribution in [0.5, 0.6) is 11.5 Å². The summed E-state index contributed by atoms with van der Waals surface area (Å²) in [5.74, 6) is 0.799. The molecule has 0 amide bonds. The fourth-order valence-electron chi connectivity index (χ4n) is 3.16. The lowest BCUT2D eigenvalue weighted by molar-refractivity contribution is -0.384. The number of aliphatic hydroxyl groups is 2. The first-order valence-electron chi connectivity index (χ1n) is 10.4. The van der Waals surface area contributed by atoms with Crippen LogP contribution in [0.2, 0.25) is 0 Å².